The van der Waals surface area contributed by atoms with Gasteiger partial charge in [0.05, 0.1) is 41.5 Å². The highest BCUT2D eigenvalue weighted by Gasteiger charge is 2.23. The zero-order chi connectivity index (χ0) is 24.7. The number of hydrogen-bond acceptors (Lipinski definition) is 8. The van der Waals surface area contributed by atoms with Gasteiger partial charge in [0.1, 0.15) is 16.3 Å². The minimum atomic E-state index is -0.502. The van der Waals surface area contributed by atoms with Gasteiger partial charge in [0.25, 0.3) is 0 Å². The Morgan fingerprint density at radius 2 is 1.56 bits per heavy atom. The molecule has 8 nitrogen and oxygen atoms in total. The third-order valence-corrected chi connectivity index (χ3v) is 5.91. The Morgan fingerprint density at radius 3 is 2.09 bits per heavy atom. The minimum Gasteiger partial charge on any atom is -0.497 e. The van der Waals surface area contributed by atoms with Crippen LogP contribution in [0.3, 0.4) is 0 Å². The first-order valence-electron chi connectivity index (χ1n) is 10.5. The lowest BCUT2D eigenvalue weighted by Crippen LogP contribution is -2.16. The Labute approximate surface area is 202 Å². The summed E-state index contributed by atoms with van der Waals surface area (Å²) in [5.41, 5.74) is 2.46. The van der Waals surface area contributed by atoms with E-state index in [0.717, 1.165) is 5.56 Å². The maximum absolute atomic E-state index is 12.9. The van der Waals surface area contributed by atoms with Crippen LogP contribution in [0.4, 0.5) is 5.00 Å². The molecule has 0 unspecified atom stereocenters. The van der Waals surface area contributed by atoms with E-state index >= 15 is 0 Å². The van der Waals surface area contributed by atoms with Crippen LogP contribution < -0.4 is 24.3 Å². The van der Waals surface area contributed by atoms with Crippen LogP contribution in [-0.4, -0.2) is 46.9 Å². The van der Waals surface area contributed by atoms with Crippen LogP contribution in [0.1, 0.15) is 22.8 Å². The van der Waals surface area contributed by atoms with Crippen LogP contribution in [0.5, 0.6) is 23.0 Å². The van der Waals surface area contributed by atoms with Crippen molar-refractivity contribution in [3.05, 3.63) is 52.9 Å². The molecule has 1 heterocycles. The lowest BCUT2D eigenvalue weighted by atomic mass is 10.0. The van der Waals surface area contributed by atoms with Gasteiger partial charge in [-0.3, -0.25) is 4.79 Å². The number of carbonyl (C=O) groups excluding carboxylic acids is 2. The van der Waals surface area contributed by atoms with Gasteiger partial charge in [-0.2, -0.15) is 0 Å². The average Bonchev–Trinajstić information content (AvgIpc) is 3.26. The summed E-state index contributed by atoms with van der Waals surface area (Å²) in [7, 11) is 6.13. The molecule has 34 heavy (non-hydrogen) atoms. The van der Waals surface area contributed by atoms with Gasteiger partial charge in [-0.25, -0.2) is 4.79 Å². The first-order valence-corrected chi connectivity index (χ1v) is 11.3. The molecule has 2 aromatic carbocycles. The number of benzene rings is 2. The summed E-state index contributed by atoms with van der Waals surface area (Å²) in [5, 5.41) is 5.10. The monoisotopic (exact) mass is 485 g/mol. The number of carbonyl (C=O) groups is 2. The molecule has 0 atom stereocenters. The molecule has 1 aromatic heterocycles. The topological polar surface area (TPSA) is 92.3 Å². The van der Waals surface area contributed by atoms with E-state index in [0.29, 0.717) is 44.7 Å². The smallest absolute Gasteiger partial charge is 0.341 e. The molecular weight excluding hydrogens is 458 g/mol. The van der Waals surface area contributed by atoms with E-state index in [4.69, 9.17) is 23.7 Å². The predicted molar refractivity (Wildman–Crippen MR) is 131 cm³/mol. The third kappa shape index (κ3) is 5.43. The number of anilines is 1. The van der Waals surface area contributed by atoms with Gasteiger partial charge in [0.2, 0.25) is 11.7 Å². The summed E-state index contributed by atoms with van der Waals surface area (Å²) in [6.45, 7) is 1.95. The van der Waals surface area contributed by atoms with Crippen molar-refractivity contribution in [1.82, 2.24) is 0 Å². The summed E-state index contributed by atoms with van der Waals surface area (Å²) in [6.07, 6.45) is 0.0365. The fourth-order valence-electron chi connectivity index (χ4n) is 3.43. The van der Waals surface area contributed by atoms with Crippen molar-refractivity contribution in [1.29, 1.82) is 0 Å². The maximum Gasteiger partial charge on any atom is 0.341 e. The first kappa shape index (κ1) is 24.9. The van der Waals surface area contributed by atoms with E-state index in [9.17, 15) is 9.59 Å². The number of methoxy groups -OCH3 is 4. The standard InChI is InChI=1S/C25H27NO7S/c1-6-33-25(28)22-18(16-7-9-17(29-2)10-8-16)14-34-24(22)26-21(27)13-15-11-19(30-3)23(32-5)20(12-15)31-4/h7-12,14H,6,13H2,1-5H3,(H,26,27). The summed E-state index contributed by atoms with van der Waals surface area (Å²) < 4.78 is 26.5. The highest BCUT2D eigenvalue weighted by atomic mass is 32.1. The van der Waals surface area contributed by atoms with E-state index in [-0.39, 0.29) is 18.9 Å². The van der Waals surface area contributed by atoms with Crippen molar-refractivity contribution in [2.75, 3.05) is 40.4 Å². The quantitative estimate of drug-likeness (QED) is 0.412. The second-order valence-electron chi connectivity index (χ2n) is 7.06. The molecule has 0 bridgehead atoms. The summed E-state index contributed by atoms with van der Waals surface area (Å²) in [6, 6.07) is 10.8. The van der Waals surface area contributed by atoms with Crippen LogP contribution in [0, 0.1) is 0 Å². The number of ether oxygens (including phenoxy) is 5. The Kier molecular flexibility index (Phi) is 8.37. The molecule has 0 aliphatic carbocycles. The van der Waals surface area contributed by atoms with Crippen LogP contribution >= 0.6 is 11.3 Å². The van der Waals surface area contributed by atoms with E-state index in [2.05, 4.69) is 5.32 Å². The molecule has 0 saturated carbocycles. The number of nitrogens with one attached hydrogen (secondary N) is 1. The fraction of sp³-hybridized carbons (Fsp3) is 0.280. The van der Waals surface area contributed by atoms with E-state index in [1.54, 1.807) is 26.2 Å². The second-order valence-corrected chi connectivity index (χ2v) is 7.94. The SMILES string of the molecule is CCOC(=O)c1c(-c2ccc(OC)cc2)csc1NC(=O)Cc1cc(OC)c(OC)c(OC)c1. The molecule has 180 valence electrons. The molecule has 0 saturated heterocycles. The molecule has 1 N–H and O–H groups in total. The van der Waals surface area contributed by atoms with E-state index in [1.807, 2.05) is 29.6 Å². The second kappa shape index (κ2) is 11.4. The molecule has 1 amide bonds. The van der Waals surface area contributed by atoms with Crippen molar-refractivity contribution in [3.8, 4) is 34.1 Å². The predicted octanol–water partition coefficient (Wildman–Crippen LogP) is 4.81. The molecule has 3 aromatic rings. The van der Waals surface area contributed by atoms with Gasteiger partial charge in [-0.1, -0.05) is 12.1 Å². The van der Waals surface area contributed by atoms with E-state index < -0.39 is 5.97 Å². The highest BCUT2D eigenvalue weighted by molar-refractivity contribution is 7.15. The average molecular weight is 486 g/mol. The number of amides is 1. The van der Waals surface area contributed by atoms with E-state index in [1.165, 1.54) is 32.7 Å². The molecule has 0 spiro atoms. The zero-order valence-electron chi connectivity index (χ0n) is 19.7. The van der Waals surface area contributed by atoms with Crippen molar-refractivity contribution in [2.45, 2.75) is 13.3 Å². The number of thiophene rings is 1. The molecule has 9 heteroatoms. The molecule has 0 radical (unpaired) electrons. The summed E-state index contributed by atoms with van der Waals surface area (Å²) in [4.78, 5) is 25.7. The van der Waals surface area contributed by atoms with Gasteiger partial charge in [-0.05, 0) is 42.3 Å². The van der Waals surface area contributed by atoms with Gasteiger partial charge in [0.15, 0.2) is 11.5 Å². The molecule has 0 fully saturated rings. The van der Waals surface area contributed by atoms with Crippen molar-refractivity contribution >= 4 is 28.2 Å². The number of hydrogen-bond donors (Lipinski definition) is 1. The Hall–Kier alpha value is -3.72. The number of rotatable bonds is 10. The summed E-state index contributed by atoms with van der Waals surface area (Å²) >= 11 is 1.26. The molecule has 0 aliphatic heterocycles. The highest BCUT2D eigenvalue weighted by Crippen LogP contribution is 2.39. The Bertz CT molecular complexity index is 1130. The lowest BCUT2D eigenvalue weighted by Gasteiger charge is -2.14. The maximum atomic E-state index is 12.9. The number of esters is 1. The normalized spacial score (nSPS) is 10.4. The zero-order valence-corrected chi connectivity index (χ0v) is 20.5. The lowest BCUT2D eigenvalue weighted by molar-refractivity contribution is -0.115. The minimum absolute atomic E-state index is 0.0365. The first-order chi connectivity index (χ1) is 16.4. The van der Waals surface area contributed by atoms with Gasteiger partial charge in [0, 0.05) is 10.9 Å². The van der Waals surface area contributed by atoms with Gasteiger partial charge >= 0.3 is 5.97 Å². The van der Waals surface area contributed by atoms with Crippen LogP contribution in [-0.2, 0) is 16.0 Å². The van der Waals surface area contributed by atoms with Crippen molar-refractivity contribution in [2.24, 2.45) is 0 Å². The van der Waals surface area contributed by atoms with Crippen molar-refractivity contribution < 1.29 is 33.3 Å². The largest absolute Gasteiger partial charge is 0.497 e. The van der Waals surface area contributed by atoms with Crippen LogP contribution in [0.15, 0.2) is 41.8 Å². The van der Waals surface area contributed by atoms with Crippen molar-refractivity contribution in [3.63, 3.8) is 0 Å². The van der Waals surface area contributed by atoms with Crippen LogP contribution in [0.2, 0.25) is 0 Å². The summed E-state index contributed by atoms with van der Waals surface area (Å²) in [5.74, 6) is 1.25. The van der Waals surface area contributed by atoms with Crippen LogP contribution in [0.25, 0.3) is 11.1 Å². The fourth-order valence-corrected chi connectivity index (χ4v) is 4.41. The third-order valence-electron chi connectivity index (χ3n) is 5.01. The Balaban J connectivity index is 1.89. The molecular formula is C25H27NO7S. The molecule has 3 rings (SSSR count). The Morgan fingerprint density at radius 1 is 0.912 bits per heavy atom. The van der Waals surface area contributed by atoms with Gasteiger partial charge in [-0.15, -0.1) is 11.3 Å². The molecule has 0 aliphatic rings. The van der Waals surface area contributed by atoms with Gasteiger partial charge < -0.3 is 29.0 Å².